The van der Waals surface area contributed by atoms with Crippen LogP contribution in [0.2, 0.25) is 5.02 Å². The summed E-state index contributed by atoms with van der Waals surface area (Å²) in [6.45, 7) is 6.09. The molecule has 0 spiro atoms. The summed E-state index contributed by atoms with van der Waals surface area (Å²) in [6.07, 6.45) is 10.3. The summed E-state index contributed by atoms with van der Waals surface area (Å²) in [5.74, 6) is 0. The van der Waals surface area contributed by atoms with Crippen LogP contribution in [0.5, 0.6) is 0 Å². The van der Waals surface area contributed by atoms with Gasteiger partial charge in [0.1, 0.15) is 0 Å². The van der Waals surface area contributed by atoms with E-state index in [0.717, 1.165) is 53.7 Å². The Morgan fingerprint density at radius 1 is 1.17 bits per heavy atom. The smallest absolute Gasteiger partial charge is 0.0655 e. The van der Waals surface area contributed by atoms with Crippen molar-refractivity contribution < 1.29 is 0 Å². The van der Waals surface area contributed by atoms with E-state index in [0.29, 0.717) is 0 Å². The summed E-state index contributed by atoms with van der Waals surface area (Å²) in [5, 5.41) is 10.7. The molecule has 1 aromatic carbocycles. The monoisotopic (exact) mass is 326 g/mol. The van der Waals surface area contributed by atoms with Gasteiger partial charge in [-0.3, -0.25) is 0 Å². The predicted molar refractivity (Wildman–Crippen MR) is 96.8 cm³/mol. The maximum Gasteiger partial charge on any atom is 0.0655 e. The fourth-order valence-corrected chi connectivity index (χ4v) is 3.44. The summed E-state index contributed by atoms with van der Waals surface area (Å²) >= 11 is 6.46. The van der Waals surface area contributed by atoms with E-state index in [4.69, 9.17) is 11.6 Å². The number of nitrogens with zero attached hydrogens (tertiary/aromatic N) is 3. The average molecular weight is 327 g/mol. The zero-order valence-electron chi connectivity index (χ0n) is 13.1. The van der Waals surface area contributed by atoms with Crippen molar-refractivity contribution >= 4 is 29.6 Å². The second-order valence-electron chi connectivity index (χ2n) is 5.92. The predicted octanol–water partition coefficient (Wildman–Crippen LogP) is 3.21. The molecular formula is C18H19ClN4. The highest BCUT2D eigenvalue weighted by atomic mass is 35.5. The highest BCUT2D eigenvalue weighted by Crippen LogP contribution is 2.34. The molecule has 0 atom stereocenters. The van der Waals surface area contributed by atoms with Gasteiger partial charge in [-0.15, -0.1) is 0 Å². The van der Waals surface area contributed by atoms with E-state index < -0.39 is 0 Å². The van der Waals surface area contributed by atoms with Crippen LogP contribution >= 0.6 is 11.6 Å². The third-order valence-electron chi connectivity index (χ3n) is 4.45. The second-order valence-corrected chi connectivity index (χ2v) is 6.33. The number of hydrazone groups is 1. The minimum Gasteiger partial charge on any atom is -0.368 e. The molecule has 5 heteroatoms. The lowest BCUT2D eigenvalue weighted by Crippen LogP contribution is -2.43. The molecule has 0 unspecified atom stereocenters. The number of anilines is 1. The maximum atomic E-state index is 6.46. The Balaban J connectivity index is 1.86. The van der Waals surface area contributed by atoms with Crippen molar-refractivity contribution in [2.24, 2.45) is 5.10 Å². The molecule has 1 N–H and O–H groups in total. The van der Waals surface area contributed by atoms with Crippen LogP contribution in [0.3, 0.4) is 0 Å². The fraction of sp³-hybridized carbons (Fsp3) is 0.278. The SMILES string of the molecule is CC1=CC=CC2=Cc3c(N4CCNCC4)ccc(Cl)c3C=NN12. The van der Waals surface area contributed by atoms with E-state index in [1.54, 1.807) is 0 Å². The van der Waals surface area contributed by atoms with Crippen LogP contribution < -0.4 is 10.2 Å². The molecule has 0 amide bonds. The maximum absolute atomic E-state index is 6.46. The molecule has 118 valence electrons. The van der Waals surface area contributed by atoms with Gasteiger partial charge < -0.3 is 10.2 Å². The highest BCUT2D eigenvalue weighted by Gasteiger charge is 2.21. The van der Waals surface area contributed by atoms with Gasteiger partial charge in [0.2, 0.25) is 0 Å². The molecule has 0 aromatic heterocycles. The molecule has 3 heterocycles. The minimum absolute atomic E-state index is 0.741. The molecule has 0 bridgehead atoms. The molecular weight excluding hydrogens is 308 g/mol. The van der Waals surface area contributed by atoms with E-state index in [-0.39, 0.29) is 0 Å². The summed E-state index contributed by atoms with van der Waals surface area (Å²) in [7, 11) is 0. The van der Waals surface area contributed by atoms with Gasteiger partial charge in [0.15, 0.2) is 0 Å². The molecule has 0 radical (unpaired) electrons. The van der Waals surface area contributed by atoms with Crippen molar-refractivity contribution in [3.05, 3.63) is 57.9 Å². The van der Waals surface area contributed by atoms with E-state index in [9.17, 15) is 0 Å². The van der Waals surface area contributed by atoms with Gasteiger partial charge in [0.05, 0.1) is 16.9 Å². The van der Waals surface area contributed by atoms with Crippen molar-refractivity contribution in [1.82, 2.24) is 10.3 Å². The number of fused-ring (bicyclic) bond motifs is 2. The lowest BCUT2D eigenvalue weighted by molar-refractivity contribution is 0.473. The second kappa shape index (κ2) is 5.87. The third kappa shape index (κ3) is 2.58. The minimum atomic E-state index is 0.741. The van der Waals surface area contributed by atoms with Crippen LogP contribution in [0, 0.1) is 0 Å². The summed E-state index contributed by atoms with van der Waals surface area (Å²) in [6, 6.07) is 4.10. The number of nitrogens with one attached hydrogen (secondary N) is 1. The van der Waals surface area contributed by atoms with Crippen molar-refractivity contribution in [2.75, 3.05) is 31.1 Å². The van der Waals surface area contributed by atoms with Gasteiger partial charge in [-0.05, 0) is 37.3 Å². The molecule has 0 aliphatic carbocycles. The van der Waals surface area contributed by atoms with Crippen LogP contribution in [0.25, 0.3) is 6.08 Å². The molecule has 3 aliphatic heterocycles. The third-order valence-corrected chi connectivity index (χ3v) is 4.78. The topological polar surface area (TPSA) is 30.9 Å². The number of hydrogen-bond acceptors (Lipinski definition) is 4. The summed E-state index contributed by atoms with van der Waals surface area (Å²) in [4.78, 5) is 2.42. The van der Waals surface area contributed by atoms with E-state index >= 15 is 0 Å². The van der Waals surface area contributed by atoms with Gasteiger partial charge in [-0.25, -0.2) is 5.01 Å². The van der Waals surface area contributed by atoms with Gasteiger partial charge in [0, 0.05) is 48.7 Å². The largest absolute Gasteiger partial charge is 0.368 e. The lowest BCUT2D eigenvalue weighted by atomic mass is 10.0. The normalized spacial score (nSPS) is 19.7. The molecule has 3 aliphatic rings. The Labute approximate surface area is 141 Å². The van der Waals surface area contributed by atoms with Crippen molar-refractivity contribution in [2.45, 2.75) is 6.92 Å². The fourth-order valence-electron chi connectivity index (χ4n) is 3.22. The van der Waals surface area contributed by atoms with Gasteiger partial charge >= 0.3 is 0 Å². The van der Waals surface area contributed by atoms with Crippen LogP contribution in [0.15, 0.2) is 46.9 Å². The zero-order valence-corrected chi connectivity index (χ0v) is 13.8. The Morgan fingerprint density at radius 2 is 2.00 bits per heavy atom. The van der Waals surface area contributed by atoms with Crippen molar-refractivity contribution in [3.63, 3.8) is 0 Å². The highest BCUT2D eigenvalue weighted by molar-refractivity contribution is 6.33. The first kappa shape index (κ1) is 14.5. The standard InChI is InChI=1S/C18H19ClN4/c1-13-3-2-4-14-11-15-16(12-21-23(13)14)17(19)5-6-18(15)22-9-7-20-8-10-22/h2-6,11-12,20H,7-10H2,1H3. The van der Waals surface area contributed by atoms with Crippen LogP contribution in [-0.2, 0) is 0 Å². The number of allylic oxidation sites excluding steroid dienone is 4. The Morgan fingerprint density at radius 3 is 2.83 bits per heavy atom. The van der Waals surface area contributed by atoms with Gasteiger partial charge in [-0.2, -0.15) is 5.10 Å². The molecule has 4 nitrogen and oxygen atoms in total. The first-order valence-electron chi connectivity index (χ1n) is 7.93. The Bertz CT molecular complexity index is 755. The number of benzene rings is 1. The summed E-state index contributed by atoms with van der Waals surface area (Å²) in [5.41, 5.74) is 5.54. The lowest BCUT2D eigenvalue weighted by Gasteiger charge is -2.31. The molecule has 1 saturated heterocycles. The molecule has 0 saturated carbocycles. The molecule has 1 fully saturated rings. The van der Waals surface area contributed by atoms with Crippen molar-refractivity contribution in [3.8, 4) is 0 Å². The quantitative estimate of drug-likeness (QED) is 0.859. The van der Waals surface area contributed by atoms with E-state index in [1.807, 2.05) is 17.3 Å². The first-order valence-corrected chi connectivity index (χ1v) is 8.31. The van der Waals surface area contributed by atoms with E-state index in [1.165, 1.54) is 5.69 Å². The molecule has 23 heavy (non-hydrogen) atoms. The number of hydrogen-bond donors (Lipinski definition) is 1. The number of rotatable bonds is 1. The number of halogens is 1. The Hall–Kier alpha value is -2.04. The number of piperazine rings is 1. The zero-order chi connectivity index (χ0) is 15.8. The van der Waals surface area contributed by atoms with Gasteiger partial charge in [-0.1, -0.05) is 17.7 Å². The van der Waals surface area contributed by atoms with Crippen molar-refractivity contribution in [1.29, 1.82) is 0 Å². The first-order chi connectivity index (χ1) is 11.2. The van der Waals surface area contributed by atoms with Crippen LogP contribution in [-0.4, -0.2) is 37.4 Å². The van der Waals surface area contributed by atoms with Gasteiger partial charge in [0.25, 0.3) is 0 Å². The Kier molecular flexibility index (Phi) is 3.71. The average Bonchev–Trinajstić information content (AvgIpc) is 2.77. The molecule has 1 aromatic rings. The van der Waals surface area contributed by atoms with Crippen LogP contribution in [0.4, 0.5) is 5.69 Å². The van der Waals surface area contributed by atoms with Crippen LogP contribution in [0.1, 0.15) is 18.1 Å². The molecule has 4 rings (SSSR count). The van der Waals surface area contributed by atoms with E-state index in [2.05, 4.69) is 52.6 Å². The summed E-state index contributed by atoms with van der Waals surface area (Å²) < 4.78 is 0.